The van der Waals surface area contributed by atoms with Gasteiger partial charge in [-0.2, -0.15) is 0 Å². The first-order valence-corrected chi connectivity index (χ1v) is 8.14. The minimum atomic E-state index is -0.371. The molecular weight excluding hydrogens is 290 g/mol. The summed E-state index contributed by atoms with van der Waals surface area (Å²) < 4.78 is 0. The number of rotatable bonds is 3. The molecule has 5 heteroatoms. The first kappa shape index (κ1) is 15.9. The maximum atomic E-state index is 12.4. The molecule has 1 atom stereocenters. The third-order valence-corrected chi connectivity index (χ3v) is 4.78. The van der Waals surface area contributed by atoms with Gasteiger partial charge in [0, 0.05) is 17.0 Å². The van der Waals surface area contributed by atoms with E-state index in [0.717, 1.165) is 42.9 Å². The number of fused-ring (bicyclic) bond motifs is 1. The maximum absolute atomic E-state index is 12.4. The van der Waals surface area contributed by atoms with Crippen LogP contribution in [0, 0.1) is 0 Å². The van der Waals surface area contributed by atoms with Crippen LogP contribution in [0.4, 0.5) is 5.69 Å². The van der Waals surface area contributed by atoms with E-state index in [-0.39, 0.29) is 17.6 Å². The molecular formula is C18H23N3O2. The van der Waals surface area contributed by atoms with Gasteiger partial charge in [0.25, 0.3) is 0 Å². The van der Waals surface area contributed by atoms with Gasteiger partial charge in [-0.05, 0) is 70.6 Å². The molecule has 1 saturated heterocycles. The molecule has 2 aliphatic heterocycles. The van der Waals surface area contributed by atoms with Gasteiger partial charge in [-0.3, -0.25) is 14.6 Å². The van der Waals surface area contributed by atoms with Crippen molar-refractivity contribution in [1.82, 2.24) is 4.90 Å². The molecule has 1 unspecified atom stereocenters. The van der Waals surface area contributed by atoms with Crippen molar-refractivity contribution in [1.29, 1.82) is 0 Å². The van der Waals surface area contributed by atoms with Gasteiger partial charge in [-0.1, -0.05) is 0 Å². The van der Waals surface area contributed by atoms with Crippen LogP contribution in [0.3, 0.4) is 0 Å². The van der Waals surface area contributed by atoms with Crippen LogP contribution < -0.4 is 5.32 Å². The number of ketones is 1. The monoisotopic (exact) mass is 313 g/mol. The lowest BCUT2D eigenvalue weighted by Gasteiger charge is -2.27. The molecule has 0 bridgehead atoms. The van der Waals surface area contributed by atoms with Gasteiger partial charge in [-0.25, -0.2) is 0 Å². The fourth-order valence-electron chi connectivity index (χ4n) is 3.38. The Labute approximate surface area is 136 Å². The zero-order chi connectivity index (χ0) is 16.6. The summed E-state index contributed by atoms with van der Waals surface area (Å²) >= 11 is 0. The van der Waals surface area contributed by atoms with Crippen molar-refractivity contribution in [2.75, 3.05) is 25.5 Å². The minimum absolute atomic E-state index is 0.0100. The second-order valence-electron chi connectivity index (χ2n) is 6.59. The Bertz CT molecular complexity index is 673. The summed E-state index contributed by atoms with van der Waals surface area (Å²) in [6.45, 7) is 5.56. The van der Waals surface area contributed by atoms with Gasteiger partial charge >= 0.3 is 0 Å². The third kappa shape index (κ3) is 3.20. The van der Waals surface area contributed by atoms with Crippen molar-refractivity contribution >= 4 is 23.1 Å². The molecule has 1 fully saturated rings. The highest BCUT2D eigenvalue weighted by atomic mass is 16.2. The summed E-state index contributed by atoms with van der Waals surface area (Å²) in [4.78, 5) is 31.1. The van der Waals surface area contributed by atoms with Crippen LogP contribution in [0.15, 0.2) is 23.2 Å². The second-order valence-corrected chi connectivity index (χ2v) is 6.59. The summed E-state index contributed by atoms with van der Waals surface area (Å²) in [5.74, 6) is -0.408. The number of hydrogen-bond donors (Lipinski definition) is 1. The lowest BCUT2D eigenvalue weighted by atomic mass is 9.93. The Kier molecular flexibility index (Phi) is 4.31. The first-order valence-electron chi connectivity index (χ1n) is 8.14. The van der Waals surface area contributed by atoms with Gasteiger partial charge in [0.2, 0.25) is 5.91 Å². The highest BCUT2D eigenvalue weighted by Crippen LogP contribution is 2.34. The first-order chi connectivity index (χ1) is 11.0. The summed E-state index contributed by atoms with van der Waals surface area (Å²) in [6, 6.07) is 5.69. The number of piperidine rings is 1. The molecule has 2 heterocycles. The van der Waals surface area contributed by atoms with Gasteiger partial charge in [0.15, 0.2) is 5.78 Å². The van der Waals surface area contributed by atoms with Crippen LogP contribution in [0.5, 0.6) is 0 Å². The SMILES string of the molecule is CC(=O)c1ccc2c(c1)C(C(C)=NC1CCN(C)CC1)C(=O)N2. The molecule has 0 aliphatic carbocycles. The zero-order valence-corrected chi connectivity index (χ0v) is 13.9. The quantitative estimate of drug-likeness (QED) is 0.689. The zero-order valence-electron chi connectivity index (χ0n) is 13.9. The topological polar surface area (TPSA) is 61.8 Å². The van der Waals surface area contributed by atoms with Crippen LogP contribution in [-0.2, 0) is 4.79 Å². The Balaban J connectivity index is 1.87. The van der Waals surface area contributed by atoms with Crippen LogP contribution in [0.2, 0.25) is 0 Å². The lowest BCUT2D eigenvalue weighted by molar-refractivity contribution is -0.115. The van der Waals surface area contributed by atoms with Crippen molar-refractivity contribution in [3.05, 3.63) is 29.3 Å². The van der Waals surface area contributed by atoms with E-state index in [0.29, 0.717) is 11.6 Å². The van der Waals surface area contributed by atoms with E-state index < -0.39 is 0 Å². The number of anilines is 1. The number of Topliss-reactive ketones (excluding diaryl/α,β-unsaturated/α-hetero) is 1. The van der Waals surface area contributed by atoms with E-state index in [9.17, 15) is 9.59 Å². The van der Waals surface area contributed by atoms with Crippen LogP contribution in [0.25, 0.3) is 0 Å². The Morgan fingerprint density at radius 1 is 1.26 bits per heavy atom. The lowest BCUT2D eigenvalue weighted by Crippen LogP contribution is -2.33. The smallest absolute Gasteiger partial charge is 0.237 e. The Morgan fingerprint density at radius 3 is 2.61 bits per heavy atom. The predicted octanol–water partition coefficient (Wildman–Crippen LogP) is 2.48. The number of carbonyl (C=O) groups excluding carboxylic acids is 2. The van der Waals surface area contributed by atoms with Crippen molar-refractivity contribution < 1.29 is 9.59 Å². The Hall–Kier alpha value is -2.01. The van der Waals surface area contributed by atoms with Crippen molar-refractivity contribution in [2.24, 2.45) is 4.99 Å². The molecule has 0 aromatic heterocycles. The normalized spacial score (nSPS) is 22.8. The predicted molar refractivity (Wildman–Crippen MR) is 91.4 cm³/mol. The number of nitrogens with one attached hydrogen (secondary N) is 1. The van der Waals surface area contributed by atoms with E-state index in [4.69, 9.17) is 4.99 Å². The molecule has 122 valence electrons. The molecule has 1 aromatic rings. The number of nitrogens with zero attached hydrogens (tertiary/aromatic N) is 2. The highest BCUT2D eigenvalue weighted by molar-refractivity contribution is 6.18. The third-order valence-electron chi connectivity index (χ3n) is 4.78. The molecule has 1 N–H and O–H groups in total. The summed E-state index contributed by atoms with van der Waals surface area (Å²) in [7, 11) is 2.12. The summed E-state index contributed by atoms with van der Waals surface area (Å²) in [5.41, 5.74) is 3.15. The van der Waals surface area contributed by atoms with E-state index in [1.54, 1.807) is 13.0 Å². The molecule has 23 heavy (non-hydrogen) atoms. The molecule has 1 aromatic carbocycles. The highest BCUT2D eigenvalue weighted by Gasteiger charge is 2.33. The van der Waals surface area contributed by atoms with Gasteiger partial charge in [-0.15, -0.1) is 0 Å². The van der Waals surface area contributed by atoms with E-state index in [1.165, 1.54) is 0 Å². The number of amides is 1. The molecule has 0 saturated carbocycles. The van der Waals surface area contributed by atoms with Crippen LogP contribution >= 0.6 is 0 Å². The fraction of sp³-hybridized carbons (Fsp3) is 0.500. The standard InChI is InChI=1S/C18H23N3O2/c1-11(19-14-6-8-21(3)9-7-14)17-15-10-13(12(2)22)4-5-16(15)20-18(17)23/h4-5,10,14,17H,6-9H2,1-3H3,(H,20,23). The number of likely N-dealkylation sites (tertiary alicyclic amines) is 1. The average Bonchev–Trinajstić information content (AvgIpc) is 2.84. The molecule has 0 spiro atoms. The molecule has 5 nitrogen and oxygen atoms in total. The summed E-state index contributed by atoms with van der Waals surface area (Å²) in [6.07, 6.45) is 2.06. The average molecular weight is 313 g/mol. The maximum Gasteiger partial charge on any atom is 0.237 e. The van der Waals surface area contributed by atoms with Gasteiger partial charge in [0.1, 0.15) is 5.92 Å². The molecule has 3 rings (SSSR count). The largest absolute Gasteiger partial charge is 0.325 e. The van der Waals surface area contributed by atoms with E-state index in [1.807, 2.05) is 19.1 Å². The fourth-order valence-corrected chi connectivity index (χ4v) is 3.38. The van der Waals surface area contributed by atoms with Crippen molar-refractivity contribution in [3.8, 4) is 0 Å². The van der Waals surface area contributed by atoms with Gasteiger partial charge < -0.3 is 10.2 Å². The van der Waals surface area contributed by atoms with Crippen LogP contribution in [-0.4, -0.2) is 48.5 Å². The summed E-state index contributed by atoms with van der Waals surface area (Å²) in [5, 5.41) is 2.90. The number of carbonyl (C=O) groups is 2. The van der Waals surface area contributed by atoms with Gasteiger partial charge in [0.05, 0.1) is 6.04 Å². The van der Waals surface area contributed by atoms with E-state index >= 15 is 0 Å². The number of aliphatic imine (C=N–C) groups is 1. The molecule has 1 amide bonds. The molecule has 0 radical (unpaired) electrons. The number of benzene rings is 1. The van der Waals surface area contributed by atoms with Crippen LogP contribution in [0.1, 0.15) is 48.5 Å². The van der Waals surface area contributed by atoms with E-state index in [2.05, 4.69) is 17.3 Å². The minimum Gasteiger partial charge on any atom is -0.325 e. The Morgan fingerprint density at radius 2 is 1.96 bits per heavy atom. The molecule has 2 aliphatic rings. The second kappa shape index (κ2) is 6.24. The van der Waals surface area contributed by atoms with Crippen molar-refractivity contribution in [2.45, 2.75) is 38.6 Å². The number of hydrogen-bond acceptors (Lipinski definition) is 4. The van der Waals surface area contributed by atoms with Crippen molar-refractivity contribution in [3.63, 3.8) is 0 Å².